The third-order valence-corrected chi connectivity index (χ3v) is 4.20. The van der Waals surface area contributed by atoms with Crippen LogP contribution in [0, 0.1) is 17.2 Å². The Kier molecular flexibility index (Phi) is 2.42. The molecule has 0 N–H and O–H groups in total. The predicted octanol–water partition coefficient (Wildman–Crippen LogP) is 2.73. The molecule has 0 saturated heterocycles. The Bertz CT molecular complexity index is 558. The van der Waals surface area contributed by atoms with E-state index in [1.165, 1.54) is 0 Å². The number of hydrogen-bond acceptors (Lipinski definition) is 3. The largest absolute Gasteiger partial charge is 0.496 e. The topological polar surface area (TPSA) is 42.2 Å². The molecular formula is C15H15NO2. The van der Waals surface area contributed by atoms with E-state index in [-0.39, 0.29) is 11.8 Å². The van der Waals surface area contributed by atoms with Gasteiger partial charge < -0.3 is 9.47 Å². The lowest BCUT2D eigenvalue weighted by Crippen LogP contribution is -2.35. The van der Waals surface area contributed by atoms with Crippen LogP contribution in [0.2, 0.25) is 0 Å². The van der Waals surface area contributed by atoms with Crippen molar-refractivity contribution in [3.05, 3.63) is 41.5 Å². The molecule has 3 rings (SSSR count). The highest BCUT2D eigenvalue weighted by molar-refractivity contribution is 5.56. The molecule has 0 unspecified atom stereocenters. The molecule has 2 bridgehead atoms. The molecule has 92 valence electrons. The van der Waals surface area contributed by atoms with Crippen LogP contribution in [-0.4, -0.2) is 14.2 Å². The molecule has 0 fully saturated rings. The van der Waals surface area contributed by atoms with Crippen LogP contribution in [-0.2, 0) is 10.3 Å². The number of hydrogen-bond donors (Lipinski definition) is 0. The highest BCUT2D eigenvalue weighted by Gasteiger charge is 2.54. The minimum atomic E-state index is -0.502. The average Bonchev–Trinajstić information content (AvgIpc) is 2.59. The second-order valence-electron chi connectivity index (χ2n) is 4.78. The summed E-state index contributed by atoms with van der Waals surface area (Å²) in [7, 11) is 3.36. The number of rotatable bonds is 2. The van der Waals surface area contributed by atoms with Crippen molar-refractivity contribution in [3.63, 3.8) is 0 Å². The van der Waals surface area contributed by atoms with Crippen LogP contribution >= 0.6 is 0 Å². The Hall–Kier alpha value is -1.79. The number of ether oxygens (including phenoxy) is 2. The first-order chi connectivity index (χ1) is 8.78. The third-order valence-electron chi connectivity index (χ3n) is 4.20. The molecule has 1 aromatic rings. The summed E-state index contributed by atoms with van der Waals surface area (Å²) in [5, 5.41) is 9.50. The maximum atomic E-state index is 9.50. The van der Waals surface area contributed by atoms with E-state index in [4.69, 9.17) is 9.47 Å². The number of allylic oxidation sites excluding steroid dienone is 1. The van der Waals surface area contributed by atoms with Crippen LogP contribution in [0.4, 0.5) is 0 Å². The molecule has 1 aromatic carbocycles. The van der Waals surface area contributed by atoms with Crippen LogP contribution in [0.5, 0.6) is 5.75 Å². The maximum absolute atomic E-state index is 9.50. The molecule has 0 aliphatic heterocycles. The molecule has 3 nitrogen and oxygen atoms in total. The van der Waals surface area contributed by atoms with E-state index in [1.54, 1.807) is 14.2 Å². The highest BCUT2D eigenvalue weighted by Crippen LogP contribution is 2.58. The molecule has 18 heavy (non-hydrogen) atoms. The van der Waals surface area contributed by atoms with Gasteiger partial charge >= 0.3 is 0 Å². The van der Waals surface area contributed by atoms with E-state index in [1.807, 2.05) is 12.1 Å². The van der Waals surface area contributed by atoms with Gasteiger partial charge in [0.05, 0.1) is 19.1 Å². The average molecular weight is 241 g/mol. The van der Waals surface area contributed by atoms with Crippen LogP contribution < -0.4 is 4.74 Å². The zero-order valence-corrected chi connectivity index (χ0v) is 10.5. The summed E-state index contributed by atoms with van der Waals surface area (Å²) in [6, 6.07) is 8.39. The fourth-order valence-electron chi connectivity index (χ4n) is 3.40. The van der Waals surface area contributed by atoms with Crippen LogP contribution in [0.3, 0.4) is 0 Å². The molecule has 3 atom stereocenters. The van der Waals surface area contributed by atoms with E-state index < -0.39 is 5.60 Å². The maximum Gasteiger partial charge on any atom is 0.123 e. The standard InChI is InChI=1S/C15H15NO2/c1-17-13-7-3-6-11-14(13)10-5-4-8-15(11,18-2)12(10)9-16/h3-7,10,12H,8H2,1-2H3/t10-,12+,15+/m1/s1. The third kappa shape index (κ3) is 1.16. The van der Waals surface area contributed by atoms with Gasteiger partial charge in [-0.2, -0.15) is 5.26 Å². The predicted molar refractivity (Wildman–Crippen MR) is 67.3 cm³/mol. The lowest BCUT2D eigenvalue weighted by atomic mass is 9.78. The summed E-state index contributed by atoms with van der Waals surface area (Å²) in [5.74, 6) is 0.761. The summed E-state index contributed by atoms with van der Waals surface area (Å²) in [6.45, 7) is 0. The van der Waals surface area contributed by atoms with E-state index in [0.29, 0.717) is 0 Å². The number of fused-ring (bicyclic) bond motifs is 5. The van der Waals surface area contributed by atoms with Crippen molar-refractivity contribution in [2.75, 3.05) is 14.2 Å². The fourth-order valence-corrected chi connectivity index (χ4v) is 3.40. The first kappa shape index (κ1) is 11.3. The van der Waals surface area contributed by atoms with E-state index in [0.717, 1.165) is 23.3 Å². The Morgan fingerprint density at radius 3 is 2.89 bits per heavy atom. The highest BCUT2D eigenvalue weighted by atomic mass is 16.5. The smallest absolute Gasteiger partial charge is 0.123 e. The van der Waals surface area contributed by atoms with Gasteiger partial charge in [-0.05, 0) is 18.1 Å². The summed E-state index contributed by atoms with van der Waals surface area (Å²) >= 11 is 0. The SMILES string of the molecule is COc1cccc2c1[C@@H]1C=CC[C@@]2(OC)[C@H]1C#N. The molecule has 2 aliphatic carbocycles. The molecule has 0 radical (unpaired) electrons. The van der Waals surface area contributed by atoms with E-state index in [9.17, 15) is 5.26 Å². The van der Waals surface area contributed by atoms with E-state index >= 15 is 0 Å². The van der Waals surface area contributed by atoms with Gasteiger partial charge in [0.15, 0.2) is 0 Å². The number of nitrogens with zero attached hydrogens (tertiary/aromatic N) is 1. The van der Waals surface area contributed by atoms with Crippen LogP contribution in [0.25, 0.3) is 0 Å². The normalized spacial score (nSPS) is 31.8. The quantitative estimate of drug-likeness (QED) is 0.748. The number of benzene rings is 1. The zero-order valence-electron chi connectivity index (χ0n) is 10.5. The molecular weight excluding hydrogens is 226 g/mol. The van der Waals surface area contributed by atoms with Gasteiger partial charge in [-0.25, -0.2) is 0 Å². The summed E-state index contributed by atoms with van der Waals surface area (Å²) in [4.78, 5) is 0. The first-order valence-electron chi connectivity index (χ1n) is 6.07. The molecule has 0 heterocycles. The molecule has 2 aliphatic rings. The fraction of sp³-hybridized carbons (Fsp3) is 0.400. The Labute approximate surface area is 107 Å². The number of methoxy groups -OCH3 is 2. The van der Waals surface area contributed by atoms with Gasteiger partial charge in [0, 0.05) is 18.6 Å². The van der Waals surface area contributed by atoms with Crippen LogP contribution in [0.15, 0.2) is 30.4 Å². The lowest BCUT2D eigenvalue weighted by molar-refractivity contribution is -0.0410. The summed E-state index contributed by atoms with van der Waals surface area (Å²) < 4.78 is 11.2. The molecule has 3 heteroatoms. The van der Waals surface area contributed by atoms with Gasteiger partial charge in [0.25, 0.3) is 0 Å². The minimum Gasteiger partial charge on any atom is -0.496 e. The summed E-state index contributed by atoms with van der Waals surface area (Å²) in [6.07, 6.45) is 4.97. The van der Waals surface area contributed by atoms with Gasteiger partial charge in [0.1, 0.15) is 11.4 Å². The monoisotopic (exact) mass is 241 g/mol. The molecule has 0 saturated carbocycles. The zero-order chi connectivity index (χ0) is 12.8. The van der Waals surface area contributed by atoms with Gasteiger partial charge in [-0.1, -0.05) is 24.3 Å². The number of nitriles is 1. The van der Waals surface area contributed by atoms with Crippen molar-refractivity contribution < 1.29 is 9.47 Å². The van der Waals surface area contributed by atoms with E-state index in [2.05, 4.69) is 24.3 Å². The second-order valence-corrected chi connectivity index (χ2v) is 4.78. The lowest BCUT2D eigenvalue weighted by Gasteiger charge is -2.34. The molecule has 0 amide bonds. The summed E-state index contributed by atoms with van der Waals surface area (Å²) in [5.41, 5.74) is 1.71. The Balaban J connectivity index is 2.30. The van der Waals surface area contributed by atoms with Gasteiger partial charge in [-0.3, -0.25) is 0 Å². The van der Waals surface area contributed by atoms with Crippen molar-refractivity contribution >= 4 is 0 Å². The minimum absolute atomic E-state index is 0.0786. The van der Waals surface area contributed by atoms with Gasteiger partial charge in [-0.15, -0.1) is 0 Å². The Morgan fingerprint density at radius 1 is 1.39 bits per heavy atom. The first-order valence-corrected chi connectivity index (χ1v) is 6.07. The molecule has 0 aromatic heterocycles. The van der Waals surface area contributed by atoms with Crippen molar-refractivity contribution in [1.29, 1.82) is 5.26 Å². The second kappa shape index (κ2) is 3.86. The van der Waals surface area contributed by atoms with Crippen molar-refractivity contribution in [2.24, 2.45) is 5.92 Å². The van der Waals surface area contributed by atoms with Crippen LogP contribution in [0.1, 0.15) is 23.5 Å². The van der Waals surface area contributed by atoms with Crippen molar-refractivity contribution in [1.82, 2.24) is 0 Å². The van der Waals surface area contributed by atoms with Crippen molar-refractivity contribution in [3.8, 4) is 11.8 Å². The van der Waals surface area contributed by atoms with Crippen molar-refractivity contribution in [2.45, 2.75) is 17.9 Å². The Morgan fingerprint density at radius 2 is 2.22 bits per heavy atom. The van der Waals surface area contributed by atoms with Gasteiger partial charge in [0.2, 0.25) is 0 Å². The molecule has 0 spiro atoms.